The maximum atomic E-state index is 12.7. The molecule has 0 radical (unpaired) electrons. The first-order chi connectivity index (χ1) is 14.0. The summed E-state index contributed by atoms with van der Waals surface area (Å²) in [5, 5.41) is 3.87. The summed E-state index contributed by atoms with van der Waals surface area (Å²) in [6, 6.07) is 2.53. The van der Waals surface area contributed by atoms with Gasteiger partial charge in [-0.05, 0) is 38.8 Å². The van der Waals surface area contributed by atoms with Gasteiger partial charge in [-0.25, -0.2) is 4.79 Å². The van der Waals surface area contributed by atoms with Gasteiger partial charge in [-0.15, -0.1) is 0 Å². The van der Waals surface area contributed by atoms with Gasteiger partial charge in [-0.1, -0.05) is 18.0 Å². The lowest BCUT2D eigenvalue weighted by molar-refractivity contribution is -0.162. The zero-order chi connectivity index (χ0) is 20.5. The first-order valence-corrected chi connectivity index (χ1v) is 9.78. The highest BCUT2D eigenvalue weighted by molar-refractivity contribution is 6.07. The Hall–Kier alpha value is -3.10. The molecule has 1 aliphatic heterocycles. The third-order valence-corrected chi connectivity index (χ3v) is 5.61. The van der Waals surface area contributed by atoms with Crippen molar-refractivity contribution in [2.45, 2.75) is 51.7 Å². The number of carbonyl (C=O) groups excluding carboxylic acids is 3. The minimum Gasteiger partial charge on any atom is -0.451 e. The average Bonchev–Trinajstić information content (AvgIpc) is 3.33. The van der Waals surface area contributed by atoms with Crippen LogP contribution in [0.4, 0.5) is 0 Å². The fourth-order valence-electron chi connectivity index (χ4n) is 4.01. The van der Waals surface area contributed by atoms with E-state index in [1.54, 1.807) is 31.5 Å². The van der Waals surface area contributed by atoms with Crippen LogP contribution < -0.4 is 0 Å². The number of esters is 1. The number of ether oxygens (including phenoxy) is 1. The number of hydrogen-bond acceptors (Lipinski definition) is 8. The van der Waals surface area contributed by atoms with E-state index in [4.69, 9.17) is 9.26 Å². The summed E-state index contributed by atoms with van der Waals surface area (Å²) in [5.74, 6) is -1.38. The molecule has 2 aliphatic rings. The van der Waals surface area contributed by atoms with Crippen molar-refractivity contribution in [1.82, 2.24) is 20.0 Å². The Morgan fingerprint density at radius 3 is 2.52 bits per heavy atom. The predicted octanol–water partition coefficient (Wildman–Crippen LogP) is 2.30. The Morgan fingerprint density at radius 2 is 1.90 bits per heavy atom. The summed E-state index contributed by atoms with van der Waals surface area (Å²) in [4.78, 5) is 47.3. The number of likely N-dealkylation sites (tertiary alicyclic amines) is 1. The van der Waals surface area contributed by atoms with Crippen LogP contribution in [0, 0.1) is 11.8 Å². The van der Waals surface area contributed by atoms with Crippen LogP contribution in [0.25, 0.3) is 11.4 Å². The number of amides is 2. The Bertz CT molecular complexity index is 904. The molecule has 3 unspecified atom stereocenters. The third kappa shape index (κ3) is 3.52. The summed E-state index contributed by atoms with van der Waals surface area (Å²) in [7, 11) is 0. The number of fused-ring (bicyclic) bond motifs is 1. The highest BCUT2D eigenvalue weighted by atomic mass is 16.6. The zero-order valence-electron chi connectivity index (χ0n) is 16.3. The Morgan fingerprint density at radius 1 is 1.21 bits per heavy atom. The highest BCUT2D eigenvalue weighted by Crippen LogP contribution is 2.39. The van der Waals surface area contributed by atoms with Crippen LogP contribution in [0.2, 0.25) is 0 Å². The van der Waals surface area contributed by atoms with E-state index in [2.05, 4.69) is 15.1 Å². The van der Waals surface area contributed by atoms with Gasteiger partial charge < -0.3 is 9.26 Å². The minimum atomic E-state index is -0.997. The van der Waals surface area contributed by atoms with Crippen molar-refractivity contribution in [1.29, 1.82) is 0 Å². The van der Waals surface area contributed by atoms with Gasteiger partial charge in [0.05, 0.1) is 11.8 Å². The molecule has 2 aromatic rings. The quantitative estimate of drug-likeness (QED) is 0.556. The average molecular weight is 398 g/mol. The summed E-state index contributed by atoms with van der Waals surface area (Å²) < 4.78 is 10.6. The van der Waals surface area contributed by atoms with Crippen LogP contribution in [0.15, 0.2) is 29.0 Å². The van der Waals surface area contributed by atoms with Gasteiger partial charge in [0.2, 0.25) is 17.6 Å². The molecule has 9 nitrogen and oxygen atoms in total. The first-order valence-electron chi connectivity index (χ1n) is 9.78. The fraction of sp³-hybridized carbons (Fsp3) is 0.500. The molecule has 4 rings (SSSR count). The standard InChI is InChI=1S/C20H22N4O5/c1-11(24-18(25)14-7-3-4-8-15(14)19(24)26)20(27)28-12(2)17-22-16(23-29-17)13-6-5-9-21-10-13/h5-6,9-12,14-15H,3-4,7-8H2,1-2H3/t11-,12?,14?,15?/m0/s1. The summed E-state index contributed by atoms with van der Waals surface area (Å²) in [6.07, 6.45) is 5.66. The summed E-state index contributed by atoms with van der Waals surface area (Å²) in [6.45, 7) is 3.11. The lowest BCUT2D eigenvalue weighted by Crippen LogP contribution is -2.44. The van der Waals surface area contributed by atoms with Crippen molar-refractivity contribution in [2.75, 3.05) is 0 Å². The van der Waals surface area contributed by atoms with E-state index in [-0.39, 0.29) is 29.5 Å². The van der Waals surface area contributed by atoms with Gasteiger partial charge in [-0.2, -0.15) is 4.98 Å². The smallest absolute Gasteiger partial charge is 0.329 e. The molecule has 0 N–H and O–H groups in total. The van der Waals surface area contributed by atoms with E-state index in [1.165, 1.54) is 6.92 Å². The molecule has 0 spiro atoms. The van der Waals surface area contributed by atoms with Crippen LogP contribution >= 0.6 is 0 Å². The Balaban J connectivity index is 1.43. The Kier molecular flexibility index (Phi) is 5.12. The van der Waals surface area contributed by atoms with Gasteiger partial charge in [0, 0.05) is 18.0 Å². The third-order valence-electron chi connectivity index (χ3n) is 5.61. The van der Waals surface area contributed by atoms with Crippen LogP contribution in [0.1, 0.15) is 51.5 Å². The SMILES string of the molecule is CC(OC(=O)[C@H](C)N1C(=O)C2CCCCC2C1=O)c1nc(-c2cccnc2)no1. The van der Waals surface area contributed by atoms with E-state index in [0.717, 1.165) is 17.7 Å². The predicted molar refractivity (Wildman–Crippen MR) is 98.8 cm³/mol. The molecule has 2 amide bonds. The molecule has 1 saturated heterocycles. The summed E-state index contributed by atoms with van der Waals surface area (Å²) >= 11 is 0. The van der Waals surface area contributed by atoms with Crippen molar-refractivity contribution < 1.29 is 23.6 Å². The first kappa shape index (κ1) is 19.2. The van der Waals surface area contributed by atoms with Gasteiger partial charge >= 0.3 is 5.97 Å². The monoisotopic (exact) mass is 398 g/mol. The van der Waals surface area contributed by atoms with Crippen LogP contribution in [-0.2, 0) is 19.1 Å². The molecule has 152 valence electrons. The largest absolute Gasteiger partial charge is 0.451 e. The van der Waals surface area contributed by atoms with Crippen molar-refractivity contribution in [3.8, 4) is 11.4 Å². The number of aromatic nitrogens is 3. The second-order valence-electron chi connectivity index (χ2n) is 7.50. The van der Waals surface area contributed by atoms with Crippen molar-refractivity contribution in [2.24, 2.45) is 11.8 Å². The molecule has 9 heteroatoms. The lowest BCUT2D eigenvalue weighted by Gasteiger charge is -2.22. The molecule has 0 aromatic carbocycles. The molecule has 2 aromatic heterocycles. The molecule has 3 heterocycles. The van der Waals surface area contributed by atoms with E-state index in [1.807, 2.05) is 0 Å². The van der Waals surface area contributed by atoms with E-state index in [0.29, 0.717) is 24.2 Å². The second-order valence-corrected chi connectivity index (χ2v) is 7.50. The fourth-order valence-corrected chi connectivity index (χ4v) is 4.01. The molecule has 1 aliphatic carbocycles. The Labute approximate surface area is 167 Å². The topological polar surface area (TPSA) is 115 Å². The maximum Gasteiger partial charge on any atom is 0.329 e. The van der Waals surface area contributed by atoms with Crippen molar-refractivity contribution in [3.05, 3.63) is 30.4 Å². The maximum absolute atomic E-state index is 12.7. The molecular formula is C20H22N4O5. The number of imide groups is 1. The van der Waals surface area contributed by atoms with Crippen molar-refractivity contribution >= 4 is 17.8 Å². The zero-order valence-corrected chi connectivity index (χ0v) is 16.3. The van der Waals surface area contributed by atoms with Gasteiger partial charge in [0.15, 0.2) is 6.10 Å². The van der Waals surface area contributed by atoms with Crippen molar-refractivity contribution in [3.63, 3.8) is 0 Å². The molecule has 29 heavy (non-hydrogen) atoms. The van der Waals surface area contributed by atoms with Gasteiger partial charge in [-0.3, -0.25) is 19.5 Å². The summed E-state index contributed by atoms with van der Waals surface area (Å²) in [5.41, 5.74) is 0.672. The number of pyridine rings is 1. The molecule has 0 bridgehead atoms. The lowest BCUT2D eigenvalue weighted by atomic mass is 9.81. The molecule has 4 atom stereocenters. The van der Waals surface area contributed by atoms with E-state index < -0.39 is 18.1 Å². The molecule has 2 fully saturated rings. The number of carbonyl (C=O) groups is 3. The molecule has 1 saturated carbocycles. The van der Waals surface area contributed by atoms with Gasteiger partial charge in [0.25, 0.3) is 5.89 Å². The minimum absolute atomic E-state index is 0.122. The highest BCUT2D eigenvalue weighted by Gasteiger charge is 2.51. The van der Waals surface area contributed by atoms with E-state index >= 15 is 0 Å². The molecular weight excluding hydrogens is 376 g/mol. The van der Waals surface area contributed by atoms with Crippen LogP contribution in [0.3, 0.4) is 0 Å². The number of nitrogens with zero attached hydrogens (tertiary/aromatic N) is 4. The van der Waals surface area contributed by atoms with E-state index in [9.17, 15) is 14.4 Å². The van der Waals surface area contributed by atoms with Crippen LogP contribution in [-0.4, -0.2) is 43.9 Å². The van der Waals surface area contributed by atoms with Gasteiger partial charge in [0.1, 0.15) is 6.04 Å². The number of hydrogen-bond donors (Lipinski definition) is 0. The normalized spacial score (nSPS) is 23.6. The van der Waals surface area contributed by atoms with Crippen LogP contribution in [0.5, 0.6) is 0 Å². The second kappa shape index (κ2) is 7.73. The number of rotatable bonds is 5.